The minimum Gasteiger partial charge on any atom is -0.484 e. The topological polar surface area (TPSA) is 61.2 Å². The summed E-state index contributed by atoms with van der Waals surface area (Å²) in [6.45, 7) is 3.41. The second-order valence-corrected chi connectivity index (χ2v) is 6.54. The predicted octanol–water partition coefficient (Wildman–Crippen LogP) is 3.30. The first-order chi connectivity index (χ1) is 12.0. The first kappa shape index (κ1) is 16.3. The van der Waals surface area contributed by atoms with Crippen LogP contribution < -0.4 is 10.1 Å². The van der Waals surface area contributed by atoms with Crippen molar-refractivity contribution in [1.82, 2.24) is 14.8 Å². The van der Waals surface area contributed by atoms with Crippen LogP contribution in [0.1, 0.15) is 25.1 Å². The largest absolute Gasteiger partial charge is 0.484 e. The van der Waals surface area contributed by atoms with Crippen molar-refractivity contribution in [1.29, 1.82) is 0 Å². The molecule has 2 atom stereocenters. The average Bonchev–Trinajstić information content (AvgIpc) is 2.97. The summed E-state index contributed by atoms with van der Waals surface area (Å²) in [4.78, 5) is 0. The third kappa shape index (κ3) is 3.58. The fourth-order valence-corrected chi connectivity index (χ4v) is 2.91. The Labute approximate surface area is 144 Å². The lowest BCUT2D eigenvalue weighted by Crippen LogP contribution is -2.17. The Hall–Kier alpha value is -2.22. The summed E-state index contributed by atoms with van der Waals surface area (Å²) in [5.41, 5.74) is 0.788. The number of aryl methyl sites for hydroxylation is 1. The zero-order valence-corrected chi connectivity index (χ0v) is 13.9. The van der Waals surface area contributed by atoms with E-state index >= 15 is 0 Å². The van der Waals surface area contributed by atoms with Crippen molar-refractivity contribution in [2.24, 2.45) is 0 Å². The highest BCUT2D eigenvalue weighted by molar-refractivity contribution is 5.54. The number of alkyl halides is 2. The lowest BCUT2D eigenvalue weighted by atomic mass is 10.2. The summed E-state index contributed by atoms with van der Waals surface area (Å²) in [7, 11) is 0. The molecule has 0 amide bonds. The molecule has 1 aliphatic carbocycles. The number of hydrogen-bond donors (Lipinski definition) is 1. The lowest BCUT2D eigenvalue weighted by molar-refractivity contribution is 0.0665. The molecule has 1 N–H and O–H groups in total. The zero-order valence-electron chi connectivity index (χ0n) is 13.9. The molecule has 2 fully saturated rings. The van der Waals surface area contributed by atoms with E-state index in [-0.39, 0.29) is 12.5 Å². The summed E-state index contributed by atoms with van der Waals surface area (Å²) in [5, 5.41) is 11.5. The van der Waals surface area contributed by atoms with Gasteiger partial charge in [-0.2, -0.15) is 0 Å². The smallest absolute Gasteiger partial charge is 0.288 e. The number of halogens is 2. The van der Waals surface area contributed by atoms with Gasteiger partial charge >= 0.3 is 0 Å². The third-order valence-electron chi connectivity index (χ3n) is 4.50. The highest BCUT2D eigenvalue weighted by Gasteiger charge is 2.59. The van der Waals surface area contributed by atoms with Crippen LogP contribution in [0.2, 0.25) is 0 Å². The zero-order chi connectivity index (χ0) is 17.4. The SMILES string of the molecule is Cc1nnc(Nc2ccc(OC3CC3(F)F)cc2)n1CC1CCCO1. The molecule has 2 aromatic rings. The Balaban J connectivity index is 1.41. The summed E-state index contributed by atoms with van der Waals surface area (Å²) < 4.78 is 38.7. The molecule has 2 unspecified atom stereocenters. The molecule has 4 rings (SSSR count). The number of ether oxygens (including phenoxy) is 2. The highest BCUT2D eigenvalue weighted by atomic mass is 19.3. The molecule has 1 saturated heterocycles. The second-order valence-electron chi connectivity index (χ2n) is 6.54. The van der Waals surface area contributed by atoms with Crippen molar-refractivity contribution < 1.29 is 18.3 Å². The van der Waals surface area contributed by atoms with Crippen LogP contribution in [0, 0.1) is 6.92 Å². The van der Waals surface area contributed by atoms with Gasteiger partial charge in [-0.1, -0.05) is 0 Å². The standard InChI is InChI=1S/C17H20F2N4O2/c1-11-21-22-16(23(11)10-14-3-2-8-24-14)20-12-4-6-13(7-5-12)25-15-9-17(15,18)19/h4-7,14-15H,2-3,8-10H2,1H3,(H,20,22). The van der Waals surface area contributed by atoms with E-state index in [1.807, 2.05) is 11.5 Å². The van der Waals surface area contributed by atoms with Crippen molar-refractivity contribution in [2.75, 3.05) is 11.9 Å². The van der Waals surface area contributed by atoms with Gasteiger partial charge in [-0.15, -0.1) is 10.2 Å². The minimum absolute atomic E-state index is 0.186. The first-order valence-electron chi connectivity index (χ1n) is 8.44. The number of anilines is 2. The number of rotatable bonds is 6. The second kappa shape index (κ2) is 6.25. The molecule has 25 heavy (non-hydrogen) atoms. The van der Waals surface area contributed by atoms with Gasteiger partial charge in [0, 0.05) is 12.3 Å². The van der Waals surface area contributed by atoms with E-state index in [2.05, 4.69) is 15.5 Å². The van der Waals surface area contributed by atoms with Crippen molar-refractivity contribution in [3.8, 4) is 5.75 Å². The van der Waals surface area contributed by atoms with Crippen LogP contribution in [-0.4, -0.2) is 39.5 Å². The van der Waals surface area contributed by atoms with E-state index < -0.39 is 12.0 Å². The van der Waals surface area contributed by atoms with E-state index in [4.69, 9.17) is 9.47 Å². The molecule has 2 aliphatic rings. The van der Waals surface area contributed by atoms with Crippen LogP contribution in [0.25, 0.3) is 0 Å². The van der Waals surface area contributed by atoms with E-state index in [9.17, 15) is 8.78 Å². The molecule has 134 valence electrons. The number of hydrogen-bond acceptors (Lipinski definition) is 5. The van der Waals surface area contributed by atoms with Gasteiger partial charge in [0.1, 0.15) is 11.6 Å². The van der Waals surface area contributed by atoms with Crippen LogP contribution in [0.4, 0.5) is 20.4 Å². The van der Waals surface area contributed by atoms with Crippen molar-refractivity contribution in [3.63, 3.8) is 0 Å². The van der Waals surface area contributed by atoms with Gasteiger partial charge in [-0.25, -0.2) is 8.78 Å². The molecule has 1 aromatic heterocycles. The van der Waals surface area contributed by atoms with Gasteiger partial charge in [0.25, 0.3) is 5.92 Å². The molecule has 1 saturated carbocycles. The Morgan fingerprint density at radius 1 is 1.32 bits per heavy atom. The van der Waals surface area contributed by atoms with Crippen molar-refractivity contribution >= 4 is 11.6 Å². The molecule has 2 heterocycles. The number of nitrogens with zero attached hydrogens (tertiary/aromatic N) is 3. The van der Waals surface area contributed by atoms with Crippen LogP contribution in [0.5, 0.6) is 5.75 Å². The Kier molecular flexibility index (Phi) is 4.07. The van der Waals surface area contributed by atoms with Gasteiger partial charge in [0.2, 0.25) is 5.95 Å². The van der Waals surface area contributed by atoms with Crippen molar-refractivity contribution in [3.05, 3.63) is 30.1 Å². The summed E-state index contributed by atoms with van der Waals surface area (Å²) in [6, 6.07) is 6.89. The molecule has 6 nitrogen and oxygen atoms in total. The average molecular weight is 350 g/mol. The van der Waals surface area contributed by atoms with E-state index in [1.54, 1.807) is 24.3 Å². The van der Waals surface area contributed by atoms with Gasteiger partial charge in [0.15, 0.2) is 6.10 Å². The summed E-state index contributed by atoms with van der Waals surface area (Å²) in [6.07, 6.45) is 1.10. The van der Waals surface area contributed by atoms with Crippen LogP contribution in [-0.2, 0) is 11.3 Å². The maximum absolute atomic E-state index is 12.9. The van der Waals surface area contributed by atoms with Crippen LogP contribution >= 0.6 is 0 Å². The van der Waals surface area contributed by atoms with Gasteiger partial charge < -0.3 is 14.8 Å². The molecule has 0 radical (unpaired) electrons. The molecule has 0 bridgehead atoms. The van der Waals surface area contributed by atoms with E-state index in [0.29, 0.717) is 18.2 Å². The fourth-order valence-electron chi connectivity index (χ4n) is 2.91. The first-order valence-corrected chi connectivity index (χ1v) is 8.44. The molecule has 1 aromatic carbocycles. The Morgan fingerprint density at radius 2 is 2.08 bits per heavy atom. The van der Waals surface area contributed by atoms with E-state index in [0.717, 1.165) is 31.0 Å². The van der Waals surface area contributed by atoms with Crippen LogP contribution in [0.15, 0.2) is 24.3 Å². The molecule has 8 heteroatoms. The molecular weight excluding hydrogens is 330 g/mol. The lowest BCUT2D eigenvalue weighted by Gasteiger charge is -2.14. The molecule has 1 aliphatic heterocycles. The number of aromatic nitrogens is 3. The predicted molar refractivity (Wildman–Crippen MR) is 87.4 cm³/mol. The normalized spacial score (nSPS) is 24.3. The third-order valence-corrected chi connectivity index (χ3v) is 4.50. The molecule has 0 spiro atoms. The Bertz CT molecular complexity index is 742. The van der Waals surface area contributed by atoms with Crippen molar-refractivity contribution in [2.45, 2.75) is 50.9 Å². The quantitative estimate of drug-likeness (QED) is 0.866. The van der Waals surface area contributed by atoms with Gasteiger partial charge in [-0.05, 0) is 44.0 Å². The number of nitrogens with one attached hydrogen (secondary N) is 1. The molecular formula is C17H20F2N4O2. The maximum atomic E-state index is 12.9. The fraction of sp³-hybridized carbons (Fsp3) is 0.529. The summed E-state index contributed by atoms with van der Waals surface area (Å²) in [5.74, 6) is -0.804. The Morgan fingerprint density at radius 3 is 2.72 bits per heavy atom. The summed E-state index contributed by atoms with van der Waals surface area (Å²) >= 11 is 0. The van der Waals surface area contributed by atoms with Crippen LogP contribution in [0.3, 0.4) is 0 Å². The van der Waals surface area contributed by atoms with Gasteiger partial charge in [0.05, 0.1) is 19.1 Å². The van der Waals surface area contributed by atoms with E-state index in [1.165, 1.54) is 0 Å². The highest BCUT2D eigenvalue weighted by Crippen LogP contribution is 2.44. The monoisotopic (exact) mass is 350 g/mol. The maximum Gasteiger partial charge on any atom is 0.288 e. The number of benzene rings is 1. The van der Waals surface area contributed by atoms with Gasteiger partial charge in [-0.3, -0.25) is 4.57 Å². The minimum atomic E-state index is -2.69.